The molecule has 1 atom stereocenters. The van der Waals surface area contributed by atoms with Crippen LogP contribution in [0.3, 0.4) is 0 Å². The molecule has 1 aliphatic carbocycles. The number of nitrogens with zero attached hydrogens (tertiary/aromatic N) is 1. The Morgan fingerprint density at radius 3 is 2.60 bits per heavy atom. The Hall–Kier alpha value is -2.57. The number of para-hydroxylation sites is 2. The number of hydrogen-bond donors (Lipinski definition) is 2. The van der Waals surface area contributed by atoms with Gasteiger partial charge in [0.2, 0.25) is 11.8 Å². The number of carboxylic acid groups (broad SMARTS) is 1. The van der Waals surface area contributed by atoms with Gasteiger partial charge in [0, 0.05) is 13.0 Å². The maximum absolute atomic E-state index is 12.6. The molecule has 2 N–H and O–H groups in total. The van der Waals surface area contributed by atoms with Crippen molar-refractivity contribution >= 4 is 23.5 Å². The second-order valence-corrected chi connectivity index (χ2v) is 6.66. The van der Waals surface area contributed by atoms with Crippen molar-refractivity contribution in [2.45, 2.75) is 37.6 Å². The molecule has 2 fully saturated rings. The molecule has 0 spiro atoms. The third-order valence-corrected chi connectivity index (χ3v) is 5.10. The number of aliphatic carboxylic acids is 1. The van der Waals surface area contributed by atoms with E-state index in [1.807, 2.05) is 6.07 Å². The third-order valence-electron chi connectivity index (χ3n) is 5.10. The van der Waals surface area contributed by atoms with Crippen LogP contribution in [-0.2, 0) is 14.4 Å². The molecule has 1 aromatic carbocycles. The minimum atomic E-state index is -1.18. The van der Waals surface area contributed by atoms with E-state index in [9.17, 15) is 19.5 Å². The van der Waals surface area contributed by atoms with Crippen molar-refractivity contribution in [3.63, 3.8) is 0 Å². The molecule has 2 aliphatic rings. The summed E-state index contributed by atoms with van der Waals surface area (Å²) in [6.07, 6.45) is 2.50. The van der Waals surface area contributed by atoms with Crippen LogP contribution in [0.4, 0.5) is 5.69 Å². The van der Waals surface area contributed by atoms with Gasteiger partial charge in [0.15, 0.2) is 0 Å². The molecule has 3 rings (SSSR count). The van der Waals surface area contributed by atoms with E-state index >= 15 is 0 Å². The molecule has 7 heteroatoms. The minimum Gasteiger partial charge on any atom is -0.495 e. The van der Waals surface area contributed by atoms with Gasteiger partial charge in [-0.3, -0.25) is 9.59 Å². The lowest BCUT2D eigenvalue weighted by molar-refractivity contribution is -0.148. The molecule has 0 aromatic heterocycles. The molecule has 1 aromatic rings. The summed E-state index contributed by atoms with van der Waals surface area (Å²) >= 11 is 0. The topological polar surface area (TPSA) is 95.9 Å². The molecule has 1 aliphatic heterocycles. The SMILES string of the molecule is COc1ccccc1N1CC(C(=O)NC2(C(=O)O)CCCC2)CC1=O. The van der Waals surface area contributed by atoms with Crippen molar-refractivity contribution in [3.8, 4) is 5.75 Å². The second kappa shape index (κ2) is 6.74. The molecule has 0 bridgehead atoms. The summed E-state index contributed by atoms with van der Waals surface area (Å²) in [5.41, 5.74) is -0.558. The van der Waals surface area contributed by atoms with Gasteiger partial charge in [-0.2, -0.15) is 0 Å². The Labute approximate surface area is 146 Å². The number of amides is 2. The standard InChI is InChI=1S/C18H22N2O5/c1-25-14-7-3-2-6-13(14)20-11-12(10-15(20)21)16(22)19-18(17(23)24)8-4-5-9-18/h2-3,6-7,12H,4-5,8-11H2,1H3,(H,19,22)(H,23,24). The summed E-state index contributed by atoms with van der Waals surface area (Å²) in [7, 11) is 1.53. The summed E-state index contributed by atoms with van der Waals surface area (Å²) in [6.45, 7) is 0.223. The molecule has 134 valence electrons. The maximum atomic E-state index is 12.6. The Morgan fingerprint density at radius 2 is 1.96 bits per heavy atom. The van der Waals surface area contributed by atoms with Gasteiger partial charge in [-0.25, -0.2) is 4.79 Å². The van der Waals surface area contributed by atoms with Crippen molar-refractivity contribution in [3.05, 3.63) is 24.3 Å². The van der Waals surface area contributed by atoms with E-state index in [4.69, 9.17) is 4.74 Å². The third kappa shape index (κ3) is 3.18. The molecule has 1 saturated heterocycles. The minimum absolute atomic E-state index is 0.0690. The van der Waals surface area contributed by atoms with Crippen LogP contribution in [0.15, 0.2) is 24.3 Å². The number of benzene rings is 1. The maximum Gasteiger partial charge on any atom is 0.329 e. The first-order valence-corrected chi connectivity index (χ1v) is 8.45. The Kier molecular flexibility index (Phi) is 4.65. The molecular weight excluding hydrogens is 324 g/mol. The summed E-state index contributed by atoms with van der Waals surface area (Å²) in [4.78, 5) is 38.1. The molecule has 7 nitrogen and oxygen atoms in total. The quantitative estimate of drug-likeness (QED) is 0.843. The fraction of sp³-hybridized carbons (Fsp3) is 0.500. The highest BCUT2D eigenvalue weighted by atomic mass is 16.5. The van der Waals surface area contributed by atoms with Crippen LogP contribution in [0.5, 0.6) is 5.75 Å². The molecule has 1 saturated carbocycles. The number of rotatable bonds is 5. The van der Waals surface area contributed by atoms with Gasteiger partial charge in [-0.1, -0.05) is 25.0 Å². The number of ether oxygens (including phenoxy) is 1. The van der Waals surface area contributed by atoms with Crippen LogP contribution in [0.1, 0.15) is 32.1 Å². The number of nitrogens with one attached hydrogen (secondary N) is 1. The van der Waals surface area contributed by atoms with Crippen molar-refractivity contribution in [2.75, 3.05) is 18.6 Å². The van der Waals surface area contributed by atoms with Crippen molar-refractivity contribution in [2.24, 2.45) is 5.92 Å². The van der Waals surface area contributed by atoms with Crippen LogP contribution in [0, 0.1) is 5.92 Å². The number of anilines is 1. The Morgan fingerprint density at radius 1 is 1.28 bits per heavy atom. The normalized spacial score (nSPS) is 22.0. The van der Waals surface area contributed by atoms with Gasteiger partial charge in [0.05, 0.1) is 18.7 Å². The fourth-order valence-electron chi connectivity index (χ4n) is 3.68. The van der Waals surface area contributed by atoms with Gasteiger partial charge >= 0.3 is 5.97 Å². The number of carbonyl (C=O) groups excluding carboxylic acids is 2. The number of hydrogen-bond acceptors (Lipinski definition) is 4. The lowest BCUT2D eigenvalue weighted by Gasteiger charge is -2.27. The predicted octanol–water partition coefficient (Wildman–Crippen LogP) is 1.56. The Balaban J connectivity index is 1.74. The van der Waals surface area contributed by atoms with E-state index in [0.29, 0.717) is 24.3 Å². The van der Waals surface area contributed by atoms with Crippen LogP contribution < -0.4 is 15.0 Å². The van der Waals surface area contributed by atoms with Crippen LogP contribution in [0.25, 0.3) is 0 Å². The average Bonchev–Trinajstić information content (AvgIpc) is 3.22. The zero-order chi connectivity index (χ0) is 18.0. The van der Waals surface area contributed by atoms with E-state index in [1.165, 1.54) is 12.0 Å². The van der Waals surface area contributed by atoms with E-state index in [0.717, 1.165) is 12.8 Å². The van der Waals surface area contributed by atoms with E-state index in [2.05, 4.69) is 5.32 Å². The Bertz CT molecular complexity index is 696. The zero-order valence-corrected chi connectivity index (χ0v) is 14.2. The largest absolute Gasteiger partial charge is 0.495 e. The monoisotopic (exact) mass is 346 g/mol. The predicted molar refractivity (Wildman–Crippen MR) is 90.4 cm³/mol. The lowest BCUT2D eigenvalue weighted by atomic mass is 9.96. The number of carbonyl (C=O) groups is 3. The zero-order valence-electron chi connectivity index (χ0n) is 14.2. The summed E-state index contributed by atoms with van der Waals surface area (Å²) in [5.74, 6) is -1.52. The summed E-state index contributed by atoms with van der Waals surface area (Å²) in [6, 6.07) is 7.14. The van der Waals surface area contributed by atoms with Gasteiger partial charge < -0.3 is 20.1 Å². The van der Waals surface area contributed by atoms with Crippen LogP contribution in [0.2, 0.25) is 0 Å². The molecule has 2 amide bonds. The fourth-order valence-corrected chi connectivity index (χ4v) is 3.68. The van der Waals surface area contributed by atoms with Crippen molar-refractivity contribution in [1.82, 2.24) is 5.32 Å². The molecule has 1 unspecified atom stereocenters. The van der Waals surface area contributed by atoms with E-state index < -0.39 is 17.4 Å². The lowest BCUT2D eigenvalue weighted by Crippen LogP contribution is -2.54. The second-order valence-electron chi connectivity index (χ2n) is 6.66. The van der Waals surface area contributed by atoms with Crippen LogP contribution in [-0.4, -0.2) is 42.1 Å². The van der Waals surface area contributed by atoms with Gasteiger partial charge in [0.1, 0.15) is 11.3 Å². The number of carboxylic acids is 1. The van der Waals surface area contributed by atoms with Gasteiger partial charge in [-0.15, -0.1) is 0 Å². The first kappa shape index (κ1) is 17.3. The van der Waals surface area contributed by atoms with E-state index in [-0.39, 0.29) is 24.8 Å². The van der Waals surface area contributed by atoms with E-state index in [1.54, 1.807) is 18.2 Å². The molecule has 25 heavy (non-hydrogen) atoms. The smallest absolute Gasteiger partial charge is 0.329 e. The van der Waals surface area contributed by atoms with Crippen molar-refractivity contribution < 1.29 is 24.2 Å². The average molecular weight is 346 g/mol. The first-order chi connectivity index (χ1) is 12.0. The number of methoxy groups -OCH3 is 1. The highest BCUT2D eigenvalue weighted by molar-refractivity contribution is 6.02. The first-order valence-electron chi connectivity index (χ1n) is 8.45. The van der Waals surface area contributed by atoms with Gasteiger partial charge in [-0.05, 0) is 25.0 Å². The van der Waals surface area contributed by atoms with Gasteiger partial charge in [0.25, 0.3) is 0 Å². The molecule has 1 heterocycles. The summed E-state index contributed by atoms with van der Waals surface area (Å²) < 4.78 is 5.28. The highest BCUT2D eigenvalue weighted by Crippen LogP contribution is 2.34. The molecular formula is C18H22N2O5. The van der Waals surface area contributed by atoms with Crippen molar-refractivity contribution in [1.29, 1.82) is 0 Å². The highest BCUT2D eigenvalue weighted by Gasteiger charge is 2.45. The van der Waals surface area contributed by atoms with Crippen LogP contribution >= 0.6 is 0 Å². The molecule has 0 radical (unpaired) electrons. The summed E-state index contributed by atoms with van der Waals surface area (Å²) in [5, 5.41) is 12.2.